The average Bonchev–Trinajstić information content (AvgIpc) is 2.20. The Labute approximate surface area is 138 Å². The second-order valence-corrected chi connectivity index (χ2v) is 6.88. The van der Waals surface area contributed by atoms with E-state index in [1.165, 1.54) is 0 Å². The summed E-state index contributed by atoms with van der Waals surface area (Å²) in [5.74, 6) is -3.65. The van der Waals surface area contributed by atoms with Crippen LogP contribution in [-0.4, -0.2) is 67.1 Å². The van der Waals surface area contributed by atoms with Gasteiger partial charge in [0.2, 0.25) is 10.0 Å². The summed E-state index contributed by atoms with van der Waals surface area (Å²) in [4.78, 5) is 21.6. The van der Waals surface area contributed by atoms with Gasteiger partial charge in [-0.05, 0) is 0 Å². The molecule has 2 atom stereocenters. The van der Waals surface area contributed by atoms with Crippen molar-refractivity contribution in [1.29, 1.82) is 0 Å². The number of carboxylic acid groups (broad SMARTS) is 1. The van der Waals surface area contributed by atoms with Gasteiger partial charge in [-0.3, -0.25) is 14.1 Å². The fourth-order valence-electron chi connectivity index (χ4n) is 1.26. The molecule has 1 saturated heterocycles. The second-order valence-electron chi connectivity index (χ2n) is 3.74. The largest absolute Gasteiger partial charge is 1.00 e. The van der Waals surface area contributed by atoms with Gasteiger partial charge in [-0.25, -0.2) is 17.4 Å². The van der Waals surface area contributed by atoms with E-state index < -0.39 is 56.6 Å². The molecule has 0 aliphatic carbocycles. The van der Waals surface area contributed by atoms with Crippen LogP contribution in [0.2, 0.25) is 0 Å². The summed E-state index contributed by atoms with van der Waals surface area (Å²) in [5.41, 5.74) is 5.02. The molecule has 1 fully saturated rings. The molecule has 5 N–H and O–H groups in total. The first kappa shape index (κ1) is 19.7. The maximum atomic E-state index is 11.4. The summed E-state index contributed by atoms with van der Waals surface area (Å²) >= 11 is 0. The topological polar surface area (TPSA) is 184 Å². The summed E-state index contributed by atoms with van der Waals surface area (Å²) < 4.78 is 54.4. The Bertz CT molecular complexity index is 608. The number of carbonyl (C=O) groups excluding carboxylic acids is 1. The van der Waals surface area contributed by atoms with Gasteiger partial charge in [0.05, 0.1) is 12.3 Å². The monoisotopic (exact) mass is 341 g/mol. The number of nitrogens with two attached hydrogens (primary N) is 1. The van der Waals surface area contributed by atoms with Crippen LogP contribution >= 0.6 is 0 Å². The smallest absolute Gasteiger partial charge is 1.00 e. The molecule has 0 aromatic rings. The maximum Gasteiger partial charge on any atom is 1.00 e. The Morgan fingerprint density at radius 1 is 1.50 bits per heavy atom. The molecule has 11 nitrogen and oxygen atoms in total. The van der Waals surface area contributed by atoms with Gasteiger partial charge in [0.25, 0.3) is 5.91 Å². The fourth-order valence-corrected chi connectivity index (χ4v) is 3.28. The minimum Gasteiger partial charge on any atom is -1.00 e. The van der Waals surface area contributed by atoms with Gasteiger partial charge < -0.3 is 12.3 Å². The van der Waals surface area contributed by atoms with Crippen molar-refractivity contribution in [1.82, 2.24) is 9.03 Å². The fraction of sp³-hybridized carbons (Fsp3) is 0.667. The van der Waals surface area contributed by atoms with E-state index in [-0.39, 0.29) is 35.3 Å². The first-order valence-electron chi connectivity index (χ1n) is 4.71. The van der Waals surface area contributed by atoms with Gasteiger partial charge >= 0.3 is 45.8 Å². The zero-order valence-electron chi connectivity index (χ0n) is 11.3. The third-order valence-electron chi connectivity index (χ3n) is 2.21. The number of hydrogen-bond donors (Lipinski definition) is 4. The average molecular weight is 341 g/mol. The number of carbonyl (C=O) groups is 2. The molecular weight excluding hydrogens is 329 g/mol. The number of β-lactam (4-membered cyclic amide) rings is 1. The molecule has 0 aromatic heterocycles. The Kier molecular flexibility index (Phi) is 6.56. The number of amides is 1. The number of carboxylic acids is 1. The molecule has 1 heterocycles. The molecule has 112 valence electrons. The zero-order chi connectivity index (χ0) is 15.0. The van der Waals surface area contributed by atoms with Crippen LogP contribution in [-0.2, 0) is 29.9 Å². The number of aliphatic carboxylic acids is 1. The van der Waals surface area contributed by atoms with Crippen molar-refractivity contribution in [3.63, 3.8) is 0 Å². The van der Waals surface area contributed by atoms with Crippen LogP contribution < -0.4 is 40.0 Å². The van der Waals surface area contributed by atoms with Gasteiger partial charge in [0.1, 0.15) is 12.1 Å². The van der Waals surface area contributed by atoms with Crippen molar-refractivity contribution >= 4 is 32.2 Å². The van der Waals surface area contributed by atoms with E-state index in [1.807, 2.05) is 0 Å². The molecule has 0 radical (unpaired) electrons. The first-order valence-corrected chi connectivity index (χ1v) is 7.76. The minimum atomic E-state index is -4.71. The van der Waals surface area contributed by atoms with Gasteiger partial charge in [0.15, 0.2) is 0 Å². The van der Waals surface area contributed by atoms with Crippen molar-refractivity contribution in [2.24, 2.45) is 5.73 Å². The quantitative estimate of drug-likeness (QED) is 0.207. The Morgan fingerprint density at radius 3 is 2.35 bits per heavy atom. The van der Waals surface area contributed by atoms with Crippen LogP contribution in [0.5, 0.6) is 0 Å². The van der Waals surface area contributed by atoms with Crippen LogP contribution in [0.25, 0.3) is 0 Å². The van der Waals surface area contributed by atoms with Crippen LogP contribution in [0.3, 0.4) is 0 Å². The normalized spacial score (nSPS) is 20.8. The maximum absolute atomic E-state index is 11.4. The summed E-state index contributed by atoms with van der Waals surface area (Å²) in [6.45, 7) is -0.570. The van der Waals surface area contributed by atoms with E-state index in [4.69, 9.17) is 15.4 Å². The molecule has 1 amide bonds. The zero-order valence-corrected chi connectivity index (χ0v) is 13.9. The van der Waals surface area contributed by atoms with E-state index in [9.17, 15) is 26.4 Å². The van der Waals surface area contributed by atoms with Crippen LogP contribution in [0, 0.1) is 0 Å². The molecule has 1 rings (SSSR count). The minimum absolute atomic E-state index is 0. The van der Waals surface area contributed by atoms with E-state index in [1.54, 1.807) is 4.72 Å². The van der Waals surface area contributed by atoms with Gasteiger partial charge in [-0.1, -0.05) is 0 Å². The van der Waals surface area contributed by atoms with E-state index in [0.29, 0.717) is 0 Å². The Hall–Kier alpha value is -0.280. The van der Waals surface area contributed by atoms with Crippen molar-refractivity contribution in [2.45, 2.75) is 12.1 Å². The molecule has 0 aromatic carbocycles. The molecule has 1 aliphatic heterocycles. The third kappa shape index (κ3) is 4.92. The molecule has 0 spiro atoms. The van der Waals surface area contributed by atoms with E-state index in [0.717, 1.165) is 0 Å². The van der Waals surface area contributed by atoms with Gasteiger partial charge in [0, 0.05) is 0 Å². The molecular formula is C6H12N3NaO8S2. The molecule has 14 heteroatoms. The van der Waals surface area contributed by atoms with Crippen LogP contribution in [0.4, 0.5) is 0 Å². The van der Waals surface area contributed by atoms with Gasteiger partial charge in [-0.2, -0.15) is 8.42 Å². The molecule has 2 unspecified atom stereocenters. The first-order chi connectivity index (χ1) is 8.44. The second kappa shape index (κ2) is 6.65. The Balaban J connectivity index is 0. The molecule has 0 bridgehead atoms. The standard InChI is InChI=1S/C6H11N3O8S2.Na.H/c7-3(6(11)12)2-18(13,14)8-4-1-9(5(4)10)19(15,16)17;;/h3-4,8H,1-2,7H2,(H,11,12)(H,15,16,17);;/q;+1;-1. The van der Waals surface area contributed by atoms with Crippen molar-refractivity contribution in [2.75, 3.05) is 12.3 Å². The van der Waals surface area contributed by atoms with Crippen molar-refractivity contribution < 1.29 is 67.1 Å². The van der Waals surface area contributed by atoms with E-state index >= 15 is 0 Å². The third-order valence-corrected chi connectivity index (χ3v) is 4.54. The van der Waals surface area contributed by atoms with Crippen molar-refractivity contribution in [3.8, 4) is 0 Å². The number of hydrogen-bond acceptors (Lipinski definition) is 7. The van der Waals surface area contributed by atoms with Crippen LogP contribution in [0.1, 0.15) is 1.43 Å². The SMILES string of the molecule is NC(CS(=O)(=O)NC1CN(S(=O)(=O)O)C1=O)C(=O)O.[H-].[Na+]. The number of nitrogens with one attached hydrogen (secondary N) is 1. The van der Waals surface area contributed by atoms with Gasteiger partial charge in [-0.15, -0.1) is 0 Å². The predicted octanol–water partition coefficient (Wildman–Crippen LogP) is -6.55. The molecule has 0 saturated carbocycles. The summed E-state index contributed by atoms with van der Waals surface area (Å²) in [6.07, 6.45) is 0. The summed E-state index contributed by atoms with van der Waals surface area (Å²) in [7, 11) is -8.88. The van der Waals surface area contributed by atoms with Crippen LogP contribution in [0.15, 0.2) is 0 Å². The summed E-state index contributed by atoms with van der Waals surface area (Å²) in [6, 6.07) is -3.04. The van der Waals surface area contributed by atoms with Crippen molar-refractivity contribution in [3.05, 3.63) is 0 Å². The predicted molar refractivity (Wildman–Crippen MR) is 60.7 cm³/mol. The summed E-state index contributed by atoms with van der Waals surface area (Å²) in [5, 5.41) is 8.45. The molecule has 1 aliphatic rings. The number of sulfonamides is 1. The number of nitrogens with zero attached hydrogens (tertiary/aromatic N) is 1. The van der Waals surface area contributed by atoms with E-state index in [2.05, 4.69) is 0 Å². The number of rotatable bonds is 6. The Morgan fingerprint density at radius 2 is 2.00 bits per heavy atom. The molecule has 20 heavy (non-hydrogen) atoms.